The molecular weight excluding hydrogens is 359 g/mol. The fraction of sp³-hybridized carbons (Fsp3) is 0.368. The molecule has 1 aliphatic heterocycles. The standard InChI is InChI=1S/C19H20ClFN2O3/c20-15-4-3-14(17(21)10-15)12-26-19-16(2-1-7-22-19)13-5-8-23(9-6-13)11-18(24)25/h1-4,7,10,13H,5-6,8-9,11-12H2,(H,24,25). The summed E-state index contributed by atoms with van der Waals surface area (Å²) >= 11 is 5.77. The molecule has 0 aliphatic carbocycles. The number of ether oxygens (including phenoxy) is 1. The molecule has 2 heterocycles. The summed E-state index contributed by atoms with van der Waals surface area (Å²) in [5.74, 6) is -0.465. The van der Waals surface area contributed by atoms with Gasteiger partial charge >= 0.3 is 5.97 Å². The van der Waals surface area contributed by atoms with Crippen molar-refractivity contribution in [2.45, 2.75) is 25.4 Å². The second-order valence-corrected chi connectivity index (χ2v) is 6.80. The summed E-state index contributed by atoms with van der Waals surface area (Å²) in [7, 11) is 0. The fourth-order valence-electron chi connectivity index (χ4n) is 3.21. The molecule has 0 unspecified atom stereocenters. The molecule has 1 aliphatic rings. The van der Waals surface area contributed by atoms with Crippen LogP contribution in [0.4, 0.5) is 4.39 Å². The van der Waals surface area contributed by atoms with Crippen LogP contribution < -0.4 is 4.74 Å². The van der Waals surface area contributed by atoms with Crippen molar-refractivity contribution < 1.29 is 19.0 Å². The lowest BCUT2D eigenvalue weighted by molar-refractivity contribution is -0.138. The number of likely N-dealkylation sites (tertiary alicyclic amines) is 1. The van der Waals surface area contributed by atoms with Gasteiger partial charge in [0.25, 0.3) is 0 Å². The molecular formula is C19H20ClFN2O3. The SMILES string of the molecule is O=C(O)CN1CCC(c2cccnc2OCc2ccc(Cl)cc2F)CC1. The number of carboxylic acid groups (broad SMARTS) is 1. The van der Waals surface area contributed by atoms with Gasteiger partial charge in [-0.2, -0.15) is 0 Å². The Morgan fingerprint density at radius 1 is 1.35 bits per heavy atom. The molecule has 138 valence electrons. The Morgan fingerprint density at radius 2 is 2.12 bits per heavy atom. The van der Waals surface area contributed by atoms with Crippen LogP contribution in [0.3, 0.4) is 0 Å². The maximum atomic E-state index is 13.9. The summed E-state index contributed by atoms with van der Waals surface area (Å²) in [6, 6.07) is 8.32. The average molecular weight is 379 g/mol. The second-order valence-electron chi connectivity index (χ2n) is 6.37. The van der Waals surface area contributed by atoms with E-state index in [1.807, 2.05) is 17.0 Å². The molecule has 1 fully saturated rings. The van der Waals surface area contributed by atoms with Gasteiger partial charge in [0.15, 0.2) is 0 Å². The van der Waals surface area contributed by atoms with E-state index < -0.39 is 11.8 Å². The summed E-state index contributed by atoms with van der Waals surface area (Å²) in [5.41, 5.74) is 1.40. The molecule has 1 aromatic carbocycles. The van der Waals surface area contributed by atoms with Gasteiger partial charge in [0.05, 0.1) is 6.54 Å². The highest BCUT2D eigenvalue weighted by molar-refractivity contribution is 6.30. The Bertz CT molecular complexity index is 779. The first-order valence-corrected chi connectivity index (χ1v) is 8.86. The second kappa shape index (κ2) is 8.47. The first-order chi connectivity index (χ1) is 12.5. The third-order valence-corrected chi connectivity index (χ3v) is 4.80. The molecule has 0 radical (unpaired) electrons. The monoisotopic (exact) mass is 378 g/mol. The van der Waals surface area contributed by atoms with Crippen molar-refractivity contribution in [1.82, 2.24) is 9.88 Å². The zero-order valence-electron chi connectivity index (χ0n) is 14.2. The lowest BCUT2D eigenvalue weighted by atomic mass is 9.90. The first kappa shape index (κ1) is 18.6. The lowest BCUT2D eigenvalue weighted by Gasteiger charge is -2.31. The van der Waals surface area contributed by atoms with Crippen LogP contribution in [0.25, 0.3) is 0 Å². The average Bonchev–Trinajstić information content (AvgIpc) is 2.61. The third-order valence-electron chi connectivity index (χ3n) is 4.57. The Labute approximate surface area is 156 Å². The number of halogens is 2. The Kier molecular flexibility index (Phi) is 6.06. The minimum Gasteiger partial charge on any atom is -0.480 e. The highest BCUT2D eigenvalue weighted by atomic mass is 35.5. The number of pyridine rings is 1. The third kappa shape index (κ3) is 4.71. The zero-order valence-corrected chi connectivity index (χ0v) is 15.0. The number of carboxylic acids is 1. The molecule has 0 amide bonds. The van der Waals surface area contributed by atoms with Gasteiger partial charge in [-0.25, -0.2) is 9.37 Å². The van der Waals surface area contributed by atoms with Gasteiger partial charge in [0, 0.05) is 22.3 Å². The molecule has 2 aromatic rings. The molecule has 3 rings (SSSR count). The van der Waals surface area contributed by atoms with Gasteiger partial charge in [-0.1, -0.05) is 23.7 Å². The summed E-state index contributed by atoms with van der Waals surface area (Å²) < 4.78 is 19.7. The minimum atomic E-state index is -0.807. The quantitative estimate of drug-likeness (QED) is 0.830. The lowest BCUT2D eigenvalue weighted by Crippen LogP contribution is -2.36. The number of aromatic nitrogens is 1. The number of hydrogen-bond acceptors (Lipinski definition) is 4. The molecule has 0 spiro atoms. The van der Waals surface area contributed by atoms with E-state index in [2.05, 4.69) is 4.98 Å². The van der Waals surface area contributed by atoms with E-state index in [0.717, 1.165) is 31.5 Å². The van der Waals surface area contributed by atoms with Gasteiger partial charge in [0.1, 0.15) is 12.4 Å². The molecule has 0 saturated carbocycles. The van der Waals surface area contributed by atoms with Crippen LogP contribution >= 0.6 is 11.6 Å². The largest absolute Gasteiger partial charge is 0.480 e. The topological polar surface area (TPSA) is 62.7 Å². The summed E-state index contributed by atoms with van der Waals surface area (Å²) in [6.07, 6.45) is 3.33. The fourth-order valence-corrected chi connectivity index (χ4v) is 3.37. The number of piperidine rings is 1. The maximum Gasteiger partial charge on any atom is 0.317 e. The van der Waals surface area contributed by atoms with Crippen molar-refractivity contribution in [3.8, 4) is 5.88 Å². The highest BCUT2D eigenvalue weighted by Crippen LogP contribution is 2.33. The first-order valence-electron chi connectivity index (χ1n) is 8.48. The summed E-state index contributed by atoms with van der Waals surface area (Å²) in [4.78, 5) is 17.1. The predicted octanol–water partition coefficient (Wildman–Crippen LogP) is 3.72. The number of rotatable bonds is 6. The van der Waals surface area contributed by atoms with E-state index in [-0.39, 0.29) is 19.1 Å². The van der Waals surface area contributed by atoms with Crippen LogP contribution in [0.5, 0.6) is 5.88 Å². The molecule has 7 heteroatoms. The highest BCUT2D eigenvalue weighted by Gasteiger charge is 2.24. The normalized spacial score (nSPS) is 15.8. The van der Waals surface area contributed by atoms with Crippen molar-refractivity contribution in [3.05, 3.63) is 58.5 Å². The zero-order chi connectivity index (χ0) is 18.5. The molecule has 1 aromatic heterocycles. The Morgan fingerprint density at radius 3 is 2.81 bits per heavy atom. The molecule has 0 bridgehead atoms. The van der Waals surface area contributed by atoms with Crippen LogP contribution in [-0.4, -0.2) is 40.6 Å². The van der Waals surface area contributed by atoms with Crippen LogP contribution in [0.1, 0.15) is 29.9 Å². The van der Waals surface area contributed by atoms with Crippen molar-refractivity contribution in [2.24, 2.45) is 0 Å². The van der Waals surface area contributed by atoms with Crippen molar-refractivity contribution >= 4 is 17.6 Å². The Hall–Kier alpha value is -2.18. The Balaban J connectivity index is 1.66. The van der Waals surface area contributed by atoms with Crippen molar-refractivity contribution in [2.75, 3.05) is 19.6 Å². The van der Waals surface area contributed by atoms with E-state index in [1.54, 1.807) is 18.3 Å². The van der Waals surface area contributed by atoms with Crippen LogP contribution in [0.2, 0.25) is 5.02 Å². The number of benzene rings is 1. The number of hydrogen-bond donors (Lipinski definition) is 1. The van der Waals surface area contributed by atoms with E-state index in [9.17, 15) is 9.18 Å². The smallest absolute Gasteiger partial charge is 0.317 e. The van der Waals surface area contributed by atoms with E-state index in [4.69, 9.17) is 21.4 Å². The minimum absolute atomic E-state index is 0.0684. The van der Waals surface area contributed by atoms with Crippen molar-refractivity contribution in [1.29, 1.82) is 0 Å². The summed E-state index contributed by atoms with van der Waals surface area (Å²) in [6.45, 7) is 1.58. The molecule has 5 nitrogen and oxygen atoms in total. The maximum absolute atomic E-state index is 13.9. The van der Waals surface area contributed by atoms with Gasteiger partial charge in [-0.3, -0.25) is 9.69 Å². The van der Waals surface area contributed by atoms with E-state index in [0.29, 0.717) is 16.5 Å². The van der Waals surface area contributed by atoms with Crippen molar-refractivity contribution in [3.63, 3.8) is 0 Å². The van der Waals surface area contributed by atoms with Crippen LogP contribution in [0.15, 0.2) is 36.5 Å². The number of aliphatic carboxylic acids is 1. The van der Waals surface area contributed by atoms with Gasteiger partial charge in [-0.05, 0) is 50.0 Å². The van der Waals surface area contributed by atoms with Gasteiger partial charge in [0.2, 0.25) is 5.88 Å². The van der Waals surface area contributed by atoms with E-state index in [1.165, 1.54) is 6.07 Å². The van der Waals surface area contributed by atoms with Gasteiger partial charge < -0.3 is 9.84 Å². The number of carbonyl (C=O) groups is 1. The molecule has 1 saturated heterocycles. The predicted molar refractivity (Wildman–Crippen MR) is 96.0 cm³/mol. The molecule has 26 heavy (non-hydrogen) atoms. The van der Waals surface area contributed by atoms with Gasteiger partial charge in [-0.15, -0.1) is 0 Å². The van der Waals surface area contributed by atoms with E-state index >= 15 is 0 Å². The molecule has 1 N–H and O–H groups in total. The van der Waals surface area contributed by atoms with Crippen LogP contribution in [-0.2, 0) is 11.4 Å². The summed E-state index contributed by atoms with van der Waals surface area (Å²) in [5, 5.41) is 9.25. The molecule has 0 atom stereocenters. The number of nitrogens with zero attached hydrogens (tertiary/aromatic N) is 2. The van der Waals surface area contributed by atoms with Crippen LogP contribution in [0, 0.1) is 5.82 Å².